The van der Waals surface area contributed by atoms with Crippen molar-refractivity contribution in [3.8, 4) is 11.8 Å². The first kappa shape index (κ1) is 11.6. The number of aryl methyl sites for hydroxylation is 3. The molecule has 90 valence electrons. The van der Waals surface area contributed by atoms with Crippen molar-refractivity contribution in [3.05, 3.63) is 35.2 Å². The highest BCUT2D eigenvalue weighted by atomic mass is 16.5. The molecular weight excluding hydrogens is 216 g/mol. The van der Waals surface area contributed by atoms with Crippen molar-refractivity contribution < 1.29 is 4.74 Å². The lowest BCUT2D eigenvalue weighted by molar-refractivity contribution is 0.414. The smallest absolute Gasteiger partial charge is 0.221 e. The normalized spacial score (nSPS) is 10.6. The first-order valence-electron chi connectivity index (χ1n) is 5.45. The molecule has 0 unspecified atom stereocenters. The van der Waals surface area contributed by atoms with Crippen LogP contribution in [0.15, 0.2) is 18.2 Å². The van der Waals surface area contributed by atoms with Gasteiger partial charge in [-0.15, -0.1) is 0 Å². The number of hydrogen-bond acceptors (Lipinski definition) is 4. The minimum absolute atomic E-state index is 0.490. The van der Waals surface area contributed by atoms with Crippen LogP contribution in [0.5, 0.6) is 11.8 Å². The topological polar surface area (TPSA) is 66.0 Å². The fourth-order valence-electron chi connectivity index (χ4n) is 1.63. The number of nitrogens with two attached hydrogens (primary N) is 1. The van der Waals surface area contributed by atoms with Gasteiger partial charge in [0.1, 0.15) is 0 Å². The molecule has 0 spiro atoms. The van der Waals surface area contributed by atoms with Crippen molar-refractivity contribution in [3.63, 3.8) is 0 Å². The molecule has 2 aromatic rings. The summed E-state index contributed by atoms with van der Waals surface area (Å²) in [6.45, 7) is 4.33. The molecule has 0 aliphatic carbocycles. The molecule has 0 amide bonds. The molecule has 0 fully saturated rings. The van der Waals surface area contributed by atoms with Crippen LogP contribution in [-0.4, -0.2) is 14.8 Å². The first-order valence-corrected chi connectivity index (χ1v) is 5.45. The molecule has 2 N–H and O–H groups in total. The molecule has 2 aromatic heterocycles. The summed E-state index contributed by atoms with van der Waals surface area (Å²) in [6, 6.07) is 5.62. The zero-order valence-corrected chi connectivity index (χ0v) is 10.3. The Morgan fingerprint density at radius 1 is 1.35 bits per heavy atom. The molecule has 0 aromatic carbocycles. The second-order valence-corrected chi connectivity index (χ2v) is 3.95. The van der Waals surface area contributed by atoms with Crippen LogP contribution in [0.2, 0.25) is 0 Å². The zero-order chi connectivity index (χ0) is 12.4. The van der Waals surface area contributed by atoms with Gasteiger partial charge in [0, 0.05) is 31.4 Å². The Morgan fingerprint density at radius 2 is 2.12 bits per heavy atom. The zero-order valence-electron chi connectivity index (χ0n) is 10.3. The van der Waals surface area contributed by atoms with Crippen molar-refractivity contribution in [2.75, 3.05) is 0 Å². The van der Waals surface area contributed by atoms with Crippen LogP contribution in [0.3, 0.4) is 0 Å². The highest BCUT2D eigenvalue weighted by Crippen LogP contribution is 2.20. The largest absolute Gasteiger partial charge is 0.421 e. The Morgan fingerprint density at radius 3 is 2.65 bits per heavy atom. The molecule has 0 radical (unpaired) electrons. The minimum atomic E-state index is 0.490. The molecular formula is C12H16N4O. The van der Waals surface area contributed by atoms with E-state index in [-0.39, 0.29) is 0 Å². The Bertz CT molecular complexity index is 533. The van der Waals surface area contributed by atoms with E-state index in [1.807, 2.05) is 39.1 Å². The van der Waals surface area contributed by atoms with Crippen LogP contribution < -0.4 is 10.5 Å². The van der Waals surface area contributed by atoms with Gasteiger partial charge < -0.3 is 10.5 Å². The van der Waals surface area contributed by atoms with Gasteiger partial charge in [-0.3, -0.25) is 0 Å². The maximum Gasteiger partial charge on any atom is 0.221 e. The van der Waals surface area contributed by atoms with Crippen LogP contribution in [-0.2, 0) is 13.6 Å². The third-order valence-electron chi connectivity index (χ3n) is 2.56. The number of hydrogen-bond donors (Lipinski definition) is 1. The van der Waals surface area contributed by atoms with Gasteiger partial charge in [-0.25, -0.2) is 9.67 Å². The maximum atomic E-state index is 5.66. The van der Waals surface area contributed by atoms with Crippen LogP contribution in [0.25, 0.3) is 0 Å². The quantitative estimate of drug-likeness (QED) is 0.874. The summed E-state index contributed by atoms with van der Waals surface area (Å²) >= 11 is 0. The van der Waals surface area contributed by atoms with E-state index in [2.05, 4.69) is 10.1 Å². The molecule has 0 atom stereocenters. The first-order chi connectivity index (χ1) is 8.10. The third kappa shape index (κ3) is 2.45. The molecule has 2 heterocycles. The second-order valence-electron chi connectivity index (χ2n) is 3.95. The van der Waals surface area contributed by atoms with E-state index in [9.17, 15) is 0 Å². The van der Waals surface area contributed by atoms with Gasteiger partial charge in [-0.1, -0.05) is 6.07 Å². The van der Waals surface area contributed by atoms with Gasteiger partial charge in [-0.05, 0) is 19.4 Å². The Hall–Kier alpha value is -1.88. The van der Waals surface area contributed by atoms with E-state index in [1.165, 1.54) is 0 Å². The van der Waals surface area contributed by atoms with Gasteiger partial charge in [0.25, 0.3) is 0 Å². The van der Waals surface area contributed by atoms with Crippen LogP contribution in [0.1, 0.15) is 17.0 Å². The summed E-state index contributed by atoms with van der Waals surface area (Å²) in [5, 5.41) is 4.21. The highest BCUT2D eigenvalue weighted by molar-refractivity contribution is 5.28. The van der Waals surface area contributed by atoms with Gasteiger partial charge >= 0.3 is 0 Å². The summed E-state index contributed by atoms with van der Waals surface area (Å²) < 4.78 is 7.34. The predicted molar refractivity (Wildman–Crippen MR) is 64.9 cm³/mol. The lowest BCUT2D eigenvalue weighted by Crippen LogP contribution is -2.02. The van der Waals surface area contributed by atoms with Crippen molar-refractivity contribution >= 4 is 0 Å². The number of ether oxygens (including phenoxy) is 1. The molecule has 0 aliphatic rings. The molecule has 5 nitrogen and oxygen atoms in total. The van der Waals surface area contributed by atoms with E-state index in [1.54, 1.807) is 4.68 Å². The Balaban J connectivity index is 2.24. The molecule has 2 rings (SSSR count). The fraction of sp³-hybridized carbons (Fsp3) is 0.333. The summed E-state index contributed by atoms with van der Waals surface area (Å²) in [5.41, 5.74) is 8.42. The number of rotatable bonds is 3. The highest BCUT2D eigenvalue weighted by Gasteiger charge is 2.06. The van der Waals surface area contributed by atoms with E-state index in [4.69, 9.17) is 10.5 Å². The minimum Gasteiger partial charge on any atom is -0.421 e. The molecule has 0 saturated heterocycles. The number of pyridine rings is 1. The standard InChI is InChI=1S/C12H16N4O/c1-8-6-12(16(3)15-8)17-11-5-4-10(7-13)9(2)14-11/h4-6H,7,13H2,1-3H3. The Labute approximate surface area is 100 Å². The number of aromatic nitrogens is 3. The maximum absolute atomic E-state index is 5.66. The van der Waals surface area contributed by atoms with Crippen LogP contribution in [0.4, 0.5) is 0 Å². The van der Waals surface area contributed by atoms with Gasteiger partial charge in [0.05, 0.1) is 5.69 Å². The molecule has 0 bridgehead atoms. The Kier molecular flexibility index (Phi) is 3.10. The van der Waals surface area contributed by atoms with Crippen molar-refractivity contribution in [2.45, 2.75) is 20.4 Å². The van der Waals surface area contributed by atoms with Crippen LogP contribution in [0, 0.1) is 13.8 Å². The monoisotopic (exact) mass is 232 g/mol. The summed E-state index contributed by atoms with van der Waals surface area (Å²) in [4.78, 5) is 4.35. The average molecular weight is 232 g/mol. The summed E-state index contributed by atoms with van der Waals surface area (Å²) in [5.74, 6) is 1.23. The molecule has 0 aliphatic heterocycles. The van der Waals surface area contributed by atoms with Crippen molar-refractivity contribution in [1.82, 2.24) is 14.8 Å². The SMILES string of the molecule is Cc1cc(Oc2ccc(CN)c(C)n2)n(C)n1. The van der Waals surface area contributed by atoms with Gasteiger partial charge in [-0.2, -0.15) is 5.10 Å². The van der Waals surface area contributed by atoms with E-state index >= 15 is 0 Å². The van der Waals surface area contributed by atoms with Gasteiger partial charge in [0.15, 0.2) is 0 Å². The molecule has 5 heteroatoms. The van der Waals surface area contributed by atoms with Crippen molar-refractivity contribution in [2.24, 2.45) is 12.8 Å². The lowest BCUT2D eigenvalue weighted by atomic mass is 10.2. The second kappa shape index (κ2) is 4.55. The van der Waals surface area contributed by atoms with E-state index in [0.717, 1.165) is 17.0 Å². The predicted octanol–water partition coefficient (Wildman–Crippen LogP) is 1.68. The average Bonchev–Trinajstić information content (AvgIpc) is 2.58. The summed E-state index contributed by atoms with van der Waals surface area (Å²) in [6.07, 6.45) is 0. The fourth-order valence-corrected chi connectivity index (χ4v) is 1.63. The van der Waals surface area contributed by atoms with Crippen LogP contribution >= 0.6 is 0 Å². The van der Waals surface area contributed by atoms with E-state index in [0.29, 0.717) is 18.3 Å². The van der Waals surface area contributed by atoms with Gasteiger partial charge in [0.2, 0.25) is 11.8 Å². The molecule has 17 heavy (non-hydrogen) atoms. The van der Waals surface area contributed by atoms with E-state index < -0.39 is 0 Å². The molecule has 0 saturated carbocycles. The lowest BCUT2D eigenvalue weighted by Gasteiger charge is -2.07. The number of nitrogens with zero attached hydrogens (tertiary/aromatic N) is 3. The van der Waals surface area contributed by atoms with Crippen molar-refractivity contribution in [1.29, 1.82) is 0 Å². The summed E-state index contributed by atoms with van der Waals surface area (Å²) in [7, 11) is 1.84. The third-order valence-corrected chi connectivity index (χ3v) is 2.56.